The van der Waals surface area contributed by atoms with Crippen molar-refractivity contribution in [1.29, 1.82) is 0 Å². The highest BCUT2D eigenvalue weighted by Crippen LogP contribution is 2.21. The molecule has 0 saturated carbocycles. The molecule has 0 spiro atoms. The number of nitrogens with zero attached hydrogens (tertiary/aromatic N) is 2. The van der Waals surface area contributed by atoms with Gasteiger partial charge >= 0.3 is 5.97 Å². The minimum atomic E-state index is -0.453. The van der Waals surface area contributed by atoms with E-state index in [0.29, 0.717) is 30.8 Å². The number of aromatic nitrogens is 1. The van der Waals surface area contributed by atoms with Crippen LogP contribution in [0.5, 0.6) is 5.88 Å². The quantitative estimate of drug-likeness (QED) is 0.804. The van der Waals surface area contributed by atoms with Gasteiger partial charge in [0.1, 0.15) is 5.56 Å². The normalized spacial score (nSPS) is 18.7. The van der Waals surface area contributed by atoms with E-state index < -0.39 is 5.97 Å². The molecule has 0 amide bonds. The van der Waals surface area contributed by atoms with Crippen LogP contribution in [0.15, 0.2) is 12.3 Å². The number of nitrogen functional groups attached to an aromatic ring is 1. The van der Waals surface area contributed by atoms with E-state index in [0.717, 1.165) is 13.0 Å². The summed E-state index contributed by atoms with van der Waals surface area (Å²) in [7, 11) is 2.13. The van der Waals surface area contributed by atoms with E-state index >= 15 is 0 Å². The maximum absolute atomic E-state index is 11.9. The minimum absolute atomic E-state index is 0.289. The van der Waals surface area contributed by atoms with Gasteiger partial charge in [-0.25, -0.2) is 9.78 Å². The number of carbonyl (C=O) groups is 1. The molecule has 1 saturated heterocycles. The standard InChI is InChI=1S/C15H23N3O3/c1-3-20-15(19)13-9-11(16)10-17-14(13)21-8-6-12-5-4-7-18(12)2/h9-10,12H,3-8,16H2,1-2H3. The first-order chi connectivity index (χ1) is 10.1. The van der Waals surface area contributed by atoms with Crippen molar-refractivity contribution >= 4 is 11.7 Å². The van der Waals surface area contributed by atoms with Crippen molar-refractivity contribution in [2.24, 2.45) is 0 Å². The fourth-order valence-electron chi connectivity index (χ4n) is 2.57. The molecule has 116 valence electrons. The van der Waals surface area contributed by atoms with Crippen LogP contribution >= 0.6 is 0 Å². The Balaban J connectivity index is 1.97. The fourth-order valence-corrected chi connectivity index (χ4v) is 2.57. The van der Waals surface area contributed by atoms with Gasteiger partial charge in [-0.1, -0.05) is 0 Å². The van der Waals surface area contributed by atoms with Gasteiger partial charge in [0.05, 0.1) is 25.1 Å². The molecule has 6 heteroatoms. The largest absolute Gasteiger partial charge is 0.477 e. The molecule has 1 aromatic heterocycles. The Morgan fingerprint density at radius 3 is 3.05 bits per heavy atom. The molecule has 1 atom stereocenters. The third-order valence-corrected chi connectivity index (χ3v) is 3.73. The first kappa shape index (κ1) is 15.6. The Kier molecular flexibility index (Phi) is 5.38. The number of pyridine rings is 1. The molecule has 1 aromatic rings. The SMILES string of the molecule is CCOC(=O)c1cc(N)cnc1OCCC1CCCN1C. The van der Waals surface area contributed by atoms with E-state index in [2.05, 4.69) is 16.9 Å². The topological polar surface area (TPSA) is 77.7 Å². The minimum Gasteiger partial charge on any atom is -0.477 e. The van der Waals surface area contributed by atoms with Gasteiger partial charge in [0.15, 0.2) is 0 Å². The number of likely N-dealkylation sites (tertiary alicyclic amines) is 1. The van der Waals surface area contributed by atoms with Gasteiger partial charge in [-0.2, -0.15) is 0 Å². The molecule has 0 bridgehead atoms. The fraction of sp³-hybridized carbons (Fsp3) is 0.600. The number of esters is 1. The monoisotopic (exact) mass is 293 g/mol. The van der Waals surface area contributed by atoms with Gasteiger partial charge in [0, 0.05) is 6.04 Å². The number of ether oxygens (including phenoxy) is 2. The van der Waals surface area contributed by atoms with Crippen molar-refractivity contribution in [2.75, 3.05) is 32.5 Å². The number of rotatable bonds is 6. The van der Waals surface area contributed by atoms with Crippen molar-refractivity contribution in [2.45, 2.75) is 32.2 Å². The van der Waals surface area contributed by atoms with E-state index in [1.54, 1.807) is 13.0 Å². The number of nitrogens with two attached hydrogens (primary N) is 1. The zero-order valence-electron chi connectivity index (χ0n) is 12.7. The maximum Gasteiger partial charge on any atom is 0.343 e. The molecule has 1 fully saturated rings. The van der Waals surface area contributed by atoms with Crippen LogP contribution in [0.25, 0.3) is 0 Å². The molecule has 1 aliphatic rings. The van der Waals surface area contributed by atoms with Crippen molar-refractivity contribution in [3.8, 4) is 5.88 Å². The zero-order valence-corrected chi connectivity index (χ0v) is 12.7. The molecule has 2 N–H and O–H groups in total. The molecule has 2 rings (SSSR count). The van der Waals surface area contributed by atoms with E-state index in [1.807, 2.05) is 0 Å². The summed E-state index contributed by atoms with van der Waals surface area (Å²) in [6.45, 7) is 3.73. The third kappa shape index (κ3) is 4.07. The molecule has 0 aliphatic carbocycles. The Hall–Kier alpha value is -1.82. The van der Waals surface area contributed by atoms with Crippen LogP contribution in [0.4, 0.5) is 5.69 Å². The highest BCUT2D eigenvalue weighted by atomic mass is 16.5. The molecule has 1 unspecified atom stereocenters. The van der Waals surface area contributed by atoms with Gasteiger partial charge in [-0.3, -0.25) is 0 Å². The van der Waals surface area contributed by atoms with Crippen LogP contribution in [-0.2, 0) is 4.74 Å². The molecule has 1 aliphatic heterocycles. The number of carbonyl (C=O) groups excluding carboxylic acids is 1. The summed E-state index contributed by atoms with van der Waals surface area (Å²) in [5.41, 5.74) is 6.38. The van der Waals surface area contributed by atoms with Crippen LogP contribution in [0.3, 0.4) is 0 Å². The van der Waals surface area contributed by atoms with E-state index in [9.17, 15) is 4.79 Å². The van der Waals surface area contributed by atoms with E-state index in [4.69, 9.17) is 15.2 Å². The van der Waals surface area contributed by atoms with Gasteiger partial charge in [0.2, 0.25) is 5.88 Å². The number of hydrogen-bond acceptors (Lipinski definition) is 6. The van der Waals surface area contributed by atoms with Crippen LogP contribution < -0.4 is 10.5 Å². The summed E-state index contributed by atoms with van der Waals surface area (Å²) in [5, 5.41) is 0. The predicted octanol–water partition coefficient (Wildman–Crippen LogP) is 1.70. The summed E-state index contributed by atoms with van der Waals surface area (Å²) < 4.78 is 10.7. The Labute approximate surface area is 125 Å². The third-order valence-electron chi connectivity index (χ3n) is 3.73. The van der Waals surface area contributed by atoms with Crippen molar-refractivity contribution < 1.29 is 14.3 Å². The average Bonchev–Trinajstić information content (AvgIpc) is 2.86. The second-order valence-corrected chi connectivity index (χ2v) is 5.26. The summed E-state index contributed by atoms with van der Waals surface area (Å²) in [6, 6.07) is 2.09. The summed E-state index contributed by atoms with van der Waals surface area (Å²) >= 11 is 0. The molecule has 6 nitrogen and oxygen atoms in total. The molecular weight excluding hydrogens is 270 g/mol. The average molecular weight is 293 g/mol. The van der Waals surface area contributed by atoms with Gasteiger partial charge < -0.3 is 20.1 Å². The maximum atomic E-state index is 11.9. The second kappa shape index (κ2) is 7.26. The van der Waals surface area contributed by atoms with Crippen LogP contribution in [0.1, 0.15) is 36.5 Å². The van der Waals surface area contributed by atoms with Crippen molar-refractivity contribution in [3.05, 3.63) is 17.8 Å². The number of hydrogen-bond donors (Lipinski definition) is 1. The summed E-state index contributed by atoms with van der Waals surface area (Å²) in [5.74, 6) is -0.159. The highest BCUT2D eigenvalue weighted by molar-refractivity contribution is 5.92. The van der Waals surface area contributed by atoms with Gasteiger partial charge in [-0.15, -0.1) is 0 Å². The summed E-state index contributed by atoms with van der Waals surface area (Å²) in [4.78, 5) is 18.3. The molecule has 0 aromatic carbocycles. The van der Waals surface area contributed by atoms with Crippen LogP contribution in [-0.4, -0.2) is 48.7 Å². The lowest BCUT2D eigenvalue weighted by Gasteiger charge is -2.19. The summed E-state index contributed by atoms with van der Waals surface area (Å²) in [6.07, 6.45) is 4.83. The first-order valence-corrected chi connectivity index (χ1v) is 7.37. The van der Waals surface area contributed by atoms with Gasteiger partial charge in [0.25, 0.3) is 0 Å². The molecular formula is C15H23N3O3. The highest BCUT2D eigenvalue weighted by Gasteiger charge is 2.21. The van der Waals surface area contributed by atoms with Crippen LogP contribution in [0.2, 0.25) is 0 Å². The Bertz CT molecular complexity index is 493. The van der Waals surface area contributed by atoms with E-state index in [1.165, 1.54) is 19.0 Å². The van der Waals surface area contributed by atoms with E-state index in [-0.39, 0.29) is 5.56 Å². The lowest BCUT2D eigenvalue weighted by atomic mass is 10.1. The predicted molar refractivity (Wildman–Crippen MR) is 80.4 cm³/mol. The Morgan fingerprint density at radius 1 is 1.57 bits per heavy atom. The van der Waals surface area contributed by atoms with Crippen LogP contribution in [0, 0.1) is 0 Å². The van der Waals surface area contributed by atoms with Crippen molar-refractivity contribution in [3.63, 3.8) is 0 Å². The number of anilines is 1. The molecule has 0 radical (unpaired) electrons. The lowest BCUT2D eigenvalue weighted by Crippen LogP contribution is -2.26. The first-order valence-electron chi connectivity index (χ1n) is 7.37. The van der Waals surface area contributed by atoms with Crippen molar-refractivity contribution in [1.82, 2.24) is 9.88 Å². The smallest absolute Gasteiger partial charge is 0.343 e. The zero-order chi connectivity index (χ0) is 15.2. The lowest BCUT2D eigenvalue weighted by molar-refractivity contribution is 0.0520. The van der Waals surface area contributed by atoms with Gasteiger partial charge in [-0.05, 0) is 45.8 Å². The molecule has 2 heterocycles. The Morgan fingerprint density at radius 2 is 2.38 bits per heavy atom. The second-order valence-electron chi connectivity index (χ2n) is 5.26. The molecule has 21 heavy (non-hydrogen) atoms.